The van der Waals surface area contributed by atoms with Crippen molar-refractivity contribution >= 4 is 38.1 Å². The van der Waals surface area contributed by atoms with Gasteiger partial charge in [-0.3, -0.25) is 4.72 Å². The lowest BCUT2D eigenvalue weighted by Crippen LogP contribution is -2.16. The molecule has 0 amide bonds. The number of hydrogen-bond acceptors (Lipinski definition) is 5. The zero-order chi connectivity index (χ0) is 11.3. The summed E-state index contributed by atoms with van der Waals surface area (Å²) in [5.74, 6) is 0.547. The van der Waals surface area contributed by atoms with Crippen molar-refractivity contribution in [3.8, 4) is 0 Å². The SMILES string of the molecule is Cc1nnc(NS(=O)(=O)CCCCCl)s1. The summed E-state index contributed by atoms with van der Waals surface area (Å²) in [5.41, 5.74) is 0. The highest BCUT2D eigenvalue weighted by Gasteiger charge is 2.12. The third kappa shape index (κ3) is 4.76. The molecular formula is C7H12ClN3O2S2. The van der Waals surface area contributed by atoms with Crippen molar-refractivity contribution in [2.45, 2.75) is 19.8 Å². The van der Waals surface area contributed by atoms with Crippen LogP contribution in [0.5, 0.6) is 0 Å². The lowest BCUT2D eigenvalue weighted by Gasteiger charge is -2.02. The van der Waals surface area contributed by atoms with Crippen molar-refractivity contribution in [2.75, 3.05) is 16.4 Å². The average Bonchev–Trinajstić information content (AvgIpc) is 2.50. The van der Waals surface area contributed by atoms with E-state index in [2.05, 4.69) is 14.9 Å². The summed E-state index contributed by atoms with van der Waals surface area (Å²) in [6.07, 6.45) is 1.24. The Bertz CT molecular complexity index is 404. The molecule has 15 heavy (non-hydrogen) atoms. The molecule has 0 unspecified atom stereocenters. The molecule has 5 nitrogen and oxygen atoms in total. The van der Waals surface area contributed by atoms with Gasteiger partial charge in [-0.25, -0.2) is 8.42 Å². The molecule has 0 spiro atoms. The fraction of sp³-hybridized carbons (Fsp3) is 0.714. The van der Waals surface area contributed by atoms with Crippen molar-refractivity contribution in [1.82, 2.24) is 10.2 Å². The van der Waals surface area contributed by atoms with Crippen LogP contribution in [-0.2, 0) is 10.0 Å². The van der Waals surface area contributed by atoms with Gasteiger partial charge in [-0.05, 0) is 19.8 Å². The molecule has 8 heteroatoms. The molecule has 0 aliphatic heterocycles. The van der Waals surface area contributed by atoms with Crippen molar-refractivity contribution < 1.29 is 8.42 Å². The Labute approximate surface area is 97.9 Å². The predicted octanol–water partition coefficient (Wildman–Crippen LogP) is 1.61. The second-order valence-corrected chi connectivity index (χ2v) is 6.34. The van der Waals surface area contributed by atoms with Gasteiger partial charge in [-0.15, -0.1) is 21.8 Å². The molecule has 1 aromatic rings. The van der Waals surface area contributed by atoms with Crippen molar-refractivity contribution in [1.29, 1.82) is 0 Å². The highest BCUT2D eigenvalue weighted by Crippen LogP contribution is 2.15. The summed E-state index contributed by atoms with van der Waals surface area (Å²) in [6.45, 7) is 1.77. The van der Waals surface area contributed by atoms with Gasteiger partial charge in [0.1, 0.15) is 5.01 Å². The van der Waals surface area contributed by atoms with Gasteiger partial charge in [0, 0.05) is 5.88 Å². The van der Waals surface area contributed by atoms with E-state index in [4.69, 9.17) is 11.6 Å². The van der Waals surface area contributed by atoms with E-state index < -0.39 is 10.0 Å². The minimum absolute atomic E-state index is 0.0678. The maximum atomic E-state index is 11.5. The summed E-state index contributed by atoms with van der Waals surface area (Å²) >= 11 is 6.67. The van der Waals surface area contributed by atoms with Gasteiger partial charge in [0.2, 0.25) is 15.2 Å². The lowest BCUT2D eigenvalue weighted by atomic mass is 10.4. The minimum Gasteiger partial charge on any atom is -0.257 e. The minimum atomic E-state index is -3.29. The van der Waals surface area contributed by atoms with Gasteiger partial charge in [0.25, 0.3) is 0 Å². The fourth-order valence-corrected chi connectivity index (χ4v) is 3.08. The quantitative estimate of drug-likeness (QED) is 0.629. The summed E-state index contributed by atoms with van der Waals surface area (Å²) in [4.78, 5) is 0. The number of halogens is 1. The second kappa shape index (κ2) is 5.62. The van der Waals surface area contributed by atoms with Crippen LogP contribution in [0.4, 0.5) is 5.13 Å². The van der Waals surface area contributed by atoms with E-state index in [9.17, 15) is 8.42 Å². The molecular weight excluding hydrogens is 258 g/mol. The Morgan fingerprint density at radius 1 is 1.40 bits per heavy atom. The van der Waals surface area contributed by atoms with Crippen molar-refractivity contribution in [3.05, 3.63) is 5.01 Å². The molecule has 0 fully saturated rings. The lowest BCUT2D eigenvalue weighted by molar-refractivity contribution is 0.598. The van der Waals surface area contributed by atoms with Crippen LogP contribution in [0, 0.1) is 6.92 Å². The second-order valence-electron chi connectivity index (χ2n) is 2.94. The van der Waals surface area contributed by atoms with Crippen LogP contribution < -0.4 is 4.72 Å². The zero-order valence-corrected chi connectivity index (χ0v) is 10.6. The number of nitrogens with one attached hydrogen (secondary N) is 1. The molecule has 0 atom stereocenters. The number of rotatable bonds is 6. The molecule has 0 bridgehead atoms. The zero-order valence-electron chi connectivity index (χ0n) is 8.23. The van der Waals surface area contributed by atoms with Crippen LogP contribution >= 0.6 is 22.9 Å². The van der Waals surface area contributed by atoms with Crippen LogP contribution in [0.2, 0.25) is 0 Å². The van der Waals surface area contributed by atoms with Crippen LogP contribution in [-0.4, -0.2) is 30.2 Å². The molecule has 1 rings (SSSR count). The van der Waals surface area contributed by atoms with E-state index >= 15 is 0 Å². The summed E-state index contributed by atoms with van der Waals surface area (Å²) in [5, 5.41) is 8.45. The van der Waals surface area contributed by atoms with Crippen LogP contribution in [0.1, 0.15) is 17.8 Å². The van der Waals surface area contributed by atoms with Gasteiger partial charge >= 0.3 is 0 Å². The summed E-state index contributed by atoms with van der Waals surface area (Å²) in [6, 6.07) is 0. The number of anilines is 1. The maximum absolute atomic E-state index is 11.5. The van der Waals surface area contributed by atoms with Crippen LogP contribution in [0.3, 0.4) is 0 Å². The third-order valence-electron chi connectivity index (χ3n) is 1.57. The summed E-state index contributed by atoms with van der Waals surface area (Å²) < 4.78 is 25.3. The Kier molecular flexibility index (Phi) is 4.75. The number of unbranched alkanes of at least 4 members (excludes halogenated alkanes) is 1. The van der Waals surface area contributed by atoms with Gasteiger partial charge in [0.05, 0.1) is 5.75 Å². The number of nitrogens with zero attached hydrogens (tertiary/aromatic N) is 2. The molecule has 1 aromatic heterocycles. The van der Waals surface area contributed by atoms with Gasteiger partial charge in [0.15, 0.2) is 0 Å². The number of hydrogen-bond donors (Lipinski definition) is 1. The van der Waals surface area contributed by atoms with E-state index in [1.807, 2.05) is 0 Å². The van der Waals surface area contributed by atoms with E-state index in [0.29, 0.717) is 23.9 Å². The molecule has 0 aliphatic carbocycles. The highest BCUT2D eigenvalue weighted by molar-refractivity contribution is 7.92. The first-order valence-corrected chi connectivity index (χ1v) is 7.40. The number of aromatic nitrogens is 2. The molecule has 0 saturated carbocycles. The highest BCUT2D eigenvalue weighted by atomic mass is 35.5. The maximum Gasteiger partial charge on any atom is 0.234 e. The smallest absolute Gasteiger partial charge is 0.234 e. The predicted molar refractivity (Wildman–Crippen MR) is 62.0 cm³/mol. The fourth-order valence-electron chi connectivity index (χ4n) is 0.908. The first-order chi connectivity index (χ1) is 7.03. The molecule has 0 aromatic carbocycles. The van der Waals surface area contributed by atoms with Gasteiger partial charge < -0.3 is 0 Å². The van der Waals surface area contributed by atoms with E-state index in [-0.39, 0.29) is 5.75 Å². The van der Waals surface area contributed by atoms with E-state index in [1.165, 1.54) is 11.3 Å². The number of sulfonamides is 1. The first kappa shape index (κ1) is 12.7. The Hall–Kier alpha value is -0.400. The molecule has 1 N–H and O–H groups in total. The standard InChI is InChI=1S/C7H12ClN3O2S2/c1-6-9-10-7(14-6)11-15(12,13)5-3-2-4-8/h2-5H2,1H3,(H,10,11). The Morgan fingerprint density at radius 2 is 2.13 bits per heavy atom. The number of alkyl halides is 1. The molecule has 86 valence electrons. The molecule has 0 saturated heterocycles. The normalized spacial score (nSPS) is 11.6. The van der Waals surface area contributed by atoms with E-state index in [1.54, 1.807) is 6.92 Å². The van der Waals surface area contributed by atoms with Gasteiger partial charge in [-0.1, -0.05) is 11.3 Å². The van der Waals surface area contributed by atoms with Crippen LogP contribution in [0.15, 0.2) is 0 Å². The van der Waals surface area contributed by atoms with Crippen LogP contribution in [0.25, 0.3) is 0 Å². The molecule has 0 radical (unpaired) electrons. The third-order valence-corrected chi connectivity index (χ3v) is 4.05. The van der Waals surface area contributed by atoms with Gasteiger partial charge in [-0.2, -0.15) is 0 Å². The first-order valence-electron chi connectivity index (χ1n) is 4.40. The Balaban J connectivity index is 2.49. The largest absolute Gasteiger partial charge is 0.257 e. The van der Waals surface area contributed by atoms with Crippen molar-refractivity contribution in [3.63, 3.8) is 0 Å². The molecule has 0 aliphatic rings. The summed E-state index contributed by atoms with van der Waals surface area (Å²) in [7, 11) is -3.29. The number of aryl methyl sites for hydroxylation is 1. The monoisotopic (exact) mass is 269 g/mol. The van der Waals surface area contributed by atoms with Crippen molar-refractivity contribution in [2.24, 2.45) is 0 Å². The van der Waals surface area contributed by atoms with E-state index in [0.717, 1.165) is 5.01 Å². The Morgan fingerprint density at radius 3 is 2.67 bits per heavy atom. The topological polar surface area (TPSA) is 72.0 Å². The average molecular weight is 270 g/mol. The molecule has 1 heterocycles.